The summed E-state index contributed by atoms with van der Waals surface area (Å²) in [5.41, 5.74) is 8.56. The van der Waals surface area contributed by atoms with Gasteiger partial charge in [0, 0.05) is 5.70 Å². The van der Waals surface area contributed by atoms with Gasteiger partial charge < -0.3 is 5.73 Å². The highest BCUT2D eigenvalue weighted by molar-refractivity contribution is 5.45. The van der Waals surface area contributed by atoms with Gasteiger partial charge in [-0.05, 0) is 24.1 Å². The van der Waals surface area contributed by atoms with Crippen molar-refractivity contribution in [1.29, 1.82) is 0 Å². The first-order valence-corrected chi connectivity index (χ1v) is 7.05. The summed E-state index contributed by atoms with van der Waals surface area (Å²) in [5, 5.41) is 0. The lowest BCUT2D eigenvalue weighted by atomic mass is 10.0. The van der Waals surface area contributed by atoms with Crippen LogP contribution in [0.2, 0.25) is 0 Å². The molecule has 0 radical (unpaired) electrons. The molecule has 0 spiro atoms. The van der Waals surface area contributed by atoms with Gasteiger partial charge in [-0.25, -0.2) is 0 Å². The molecule has 0 aliphatic rings. The van der Waals surface area contributed by atoms with E-state index in [1.54, 1.807) is 30.4 Å². The van der Waals surface area contributed by atoms with Crippen LogP contribution in [0.25, 0.3) is 0 Å². The SMILES string of the molecule is C=C\C=C/C=C(C)/C(C=C)=C(N)/C=C\C=C.CC.CC. The van der Waals surface area contributed by atoms with Gasteiger partial charge in [0.1, 0.15) is 0 Å². The molecule has 0 rings (SSSR count). The fraction of sp³-hybridized carbons (Fsp3) is 0.263. The molecule has 0 aromatic rings. The summed E-state index contributed by atoms with van der Waals surface area (Å²) >= 11 is 0. The number of nitrogens with two attached hydrogens (primary N) is 1. The van der Waals surface area contributed by atoms with E-state index in [0.29, 0.717) is 5.70 Å². The molecule has 20 heavy (non-hydrogen) atoms. The third kappa shape index (κ3) is 12.4. The predicted octanol–water partition coefficient (Wildman–Crippen LogP) is 5.87. The van der Waals surface area contributed by atoms with Crippen LogP contribution in [0.1, 0.15) is 34.6 Å². The van der Waals surface area contributed by atoms with Gasteiger partial charge in [0.05, 0.1) is 0 Å². The molecule has 0 aliphatic heterocycles. The van der Waals surface area contributed by atoms with Gasteiger partial charge in [0.2, 0.25) is 0 Å². The molecule has 0 saturated heterocycles. The van der Waals surface area contributed by atoms with E-state index in [4.69, 9.17) is 5.73 Å². The minimum atomic E-state index is 0.677. The van der Waals surface area contributed by atoms with E-state index in [2.05, 4.69) is 19.7 Å². The normalized spacial score (nSPS) is 11.8. The summed E-state index contributed by atoms with van der Waals surface area (Å²) in [5.74, 6) is 0. The molecule has 1 nitrogen and oxygen atoms in total. The molecule has 0 amide bonds. The Kier molecular flexibility index (Phi) is 22.3. The molecule has 0 atom stereocenters. The van der Waals surface area contributed by atoms with Crippen LogP contribution in [0.3, 0.4) is 0 Å². The molecule has 0 saturated carbocycles. The Hall–Kier alpha value is -2.02. The minimum absolute atomic E-state index is 0.677. The lowest BCUT2D eigenvalue weighted by Gasteiger charge is -2.04. The molecule has 0 fully saturated rings. The van der Waals surface area contributed by atoms with Crippen LogP contribution >= 0.6 is 0 Å². The molecule has 2 N–H and O–H groups in total. The van der Waals surface area contributed by atoms with Crippen LogP contribution in [0.5, 0.6) is 0 Å². The van der Waals surface area contributed by atoms with E-state index in [-0.39, 0.29) is 0 Å². The van der Waals surface area contributed by atoms with E-state index in [1.165, 1.54) is 0 Å². The first kappa shape index (κ1) is 23.1. The topological polar surface area (TPSA) is 26.0 Å². The Bertz CT molecular complexity index is 377. The molecule has 0 aromatic heterocycles. The fourth-order valence-electron chi connectivity index (χ4n) is 1.14. The number of allylic oxidation sites excluding steroid dienone is 10. The Morgan fingerprint density at radius 1 is 0.850 bits per heavy atom. The van der Waals surface area contributed by atoms with Gasteiger partial charge in [-0.15, -0.1) is 0 Å². The maximum atomic E-state index is 5.91. The van der Waals surface area contributed by atoms with E-state index < -0.39 is 0 Å². The number of hydrogen-bond donors (Lipinski definition) is 1. The Morgan fingerprint density at radius 2 is 1.35 bits per heavy atom. The summed E-state index contributed by atoms with van der Waals surface area (Å²) < 4.78 is 0. The zero-order valence-electron chi connectivity index (χ0n) is 13.8. The number of hydrogen-bond acceptors (Lipinski definition) is 1. The standard InChI is InChI=1S/C15H19N.2C2H6/c1-5-8-10-11-13(4)14(7-3)15(16)12-9-6-2;2*1-2/h5-12H,1-3,16H2,4H3;2*1-2H3/b10-8-,12-9-,13-11+,15-14-;;. The van der Waals surface area contributed by atoms with Gasteiger partial charge in [0.25, 0.3) is 0 Å². The van der Waals surface area contributed by atoms with E-state index in [9.17, 15) is 0 Å². The monoisotopic (exact) mass is 273 g/mol. The van der Waals surface area contributed by atoms with Crippen LogP contribution in [0, 0.1) is 0 Å². The quantitative estimate of drug-likeness (QED) is 0.602. The largest absolute Gasteiger partial charge is 0.398 e. The zero-order chi connectivity index (χ0) is 16.4. The molecule has 0 heterocycles. The summed E-state index contributed by atoms with van der Waals surface area (Å²) in [7, 11) is 0. The average molecular weight is 273 g/mol. The third-order valence-corrected chi connectivity index (χ3v) is 1.95. The van der Waals surface area contributed by atoms with Crippen LogP contribution in [-0.2, 0) is 0 Å². The van der Waals surface area contributed by atoms with Gasteiger partial charge in [-0.1, -0.05) is 90.0 Å². The van der Waals surface area contributed by atoms with Crippen molar-refractivity contribution in [3.63, 3.8) is 0 Å². The molecular weight excluding hydrogens is 242 g/mol. The summed E-state index contributed by atoms with van der Waals surface area (Å²) in [6, 6.07) is 0. The maximum Gasteiger partial charge on any atom is 0.0390 e. The highest BCUT2D eigenvalue weighted by atomic mass is 14.6. The van der Waals surface area contributed by atoms with Crippen molar-refractivity contribution in [3.05, 3.63) is 85.2 Å². The van der Waals surface area contributed by atoms with Crippen LogP contribution in [0.15, 0.2) is 85.2 Å². The summed E-state index contributed by atoms with van der Waals surface area (Å²) in [4.78, 5) is 0. The predicted molar refractivity (Wildman–Crippen MR) is 96.5 cm³/mol. The summed E-state index contributed by atoms with van der Waals surface area (Å²) in [6.45, 7) is 20.9. The highest BCUT2D eigenvalue weighted by Gasteiger charge is 1.98. The van der Waals surface area contributed by atoms with Crippen molar-refractivity contribution < 1.29 is 0 Å². The second kappa shape index (κ2) is 19.3. The maximum absolute atomic E-state index is 5.91. The van der Waals surface area contributed by atoms with E-state index >= 15 is 0 Å². The van der Waals surface area contributed by atoms with Crippen molar-refractivity contribution >= 4 is 0 Å². The van der Waals surface area contributed by atoms with Crippen LogP contribution < -0.4 is 5.73 Å². The minimum Gasteiger partial charge on any atom is -0.398 e. The van der Waals surface area contributed by atoms with Crippen LogP contribution in [0.4, 0.5) is 0 Å². The lowest BCUT2D eigenvalue weighted by Crippen LogP contribution is -1.99. The van der Waals surface area contributed by atoms with Crippen molar-refractivity contribution in [1.82, 2.24) is 0 Å². The van der Waals surface area contributed by atoms with Crippen molar-refractivity contribution in [2.45, 2.75) is 34.6 Å². The Morgan fingerprint density at radius 3 is 1.75 bits per heavy atom. The van der Waals surface area contributed by atoms with Gasteiger partial charge in [-0.3, -0.25) is 0 Å². The first-order valence-electron chi connectivity index (χ1n) is 7.05. The third-order valence-electron chi connectivity index (χ3n) is 1.95. The smallest absolute Gasteiger partial charge is 0.0390 e. The summed E-state index contributed by atoms with van der Waals surface area (Å²) in [6.07, 6.45) is 14.5. The van der Waals surface area contributed by atoms with Gasteiger partial charge >= 0.3 is 0 Å². The van der Waals surface area contributed by atoms with E-state index in [0.717, 1.165) is 11.1 Å². The van der Waals surface area contributed by atoms with Crippen molar-refractivity contribution in [2.24, 2.45) is 5.73 Å². The van der Waals surface area contributed by atoms with Crippen molar-refractivity contribution in [3.8, 4) is 0 Å². The molecular formula is C19H31N. The van der Waals surface area contributed by atoms with Gasteiger partial charge in [-0.2, -0.15) is 0 Å². The van der Waals surface area contributed by atoms with Crippen molar-refractivity contribution in [2.75, 3.05) is 0 Å². The molecule has 0 bridgehead atoms. The Labute approximate surface area is 126 Å². The fourth-order valence-corrected chi connectivity index (χ4v) is 1.14. The second-order valence-corrected chi connectivity index (χ2v) is 3.14. The second-order valence-electron chi connectivity index (χ2n) is 3.14. The molecule has 0 aliphatic carbocycles. The molecule has 0 unspecified atom stereocenters. The molecule has 112 valence electrons. The number of rotatable bonds is 6. The average Bonchev–Trinajstić information content (AvgIpc) is 2.50. The molecule has 1 heteroatoms. The molecule has 0 aromatic carbocycles. The van der Waals surface area contributed by atoms with E-state index in [1.807, 2.05) is 52.8 Å². The van der Waals surface area contributed by atoms with Gasteiger partial charge in [0.15, 0.2) is 0 Å². The highest BCUT2D eigenvalue weighted by Crippen LogP contribution is 2.14. The first-order chi connectivity index (χ1) is 9.67. The van der Waals surface area contributed by atoms with Crippen LogP contribution in [-0.4, -0.2) is 0 Å². The lowest BCUT2D eigenvalue weighted by molar-refractivity contribution is 1.31. The Balaban J connectivity index is -0.000000656. The zero-order valence-corrected chi connectivity index (χ0v) is 13.8.